The van der Waals surface area contributed by atoms with E-state index < -0.39 is 25.5 Å². The van der Waals surface area contributed by atoms with Crippen molar-refractivity contribution in [1.82, 2.24) is 0 Å². The Morgan fingerprint density at radius 1 is 1.32 bits per heavy atom. The lowest BCUT2D eigenvalue weighted by Gasteiger charge is -2.31. The smallest absolute Gasteiger partial charge is 0.127 e. The molecule has 0 fully saturated rings. The summed E-state index contributed by atoms with van der Waals surface area (Å²) in [4.78, 5) is 3.86. The van der Waals surface area contributed by atoms with Crippen LogP contribution in [-0.4, -0.2) is 50.6 Å². The minimum absolute atomic E-state index is 0.0850. The third-order valence-corrected chi connectivity index (χ3v) is 6.39. The highest BCUT2D eigenvalue weighted by Crippen LogP contribution is 2.27. The average Bonchev–Trinajstić information content (AvgIpc) is 2.38. The van der Waals surface area contributed by atoms with Gasteiger partial charge in [-0.25, -0.2) is 8.60 Å². The van der Waals surface area contributed by atoms with Gasteiger partial charge < -0.3 is 5.73 Å². The van der Waals surface area contributed by atoms with Gasteiger partial charge in [-0.1, -0.05) is 18.2 Å². The summed E-state index contributed by atoms with van der Waals surface area (Å²) in [6, 6.07) is 5.93. The Morgan fingerprint density at radius 3 is 2.32 bits per heavy atom. The van der Waals surface area contributed by atoms with Crippen molar-refractivity contribution in [3.63, 3.8) is 0 Å². The molecule has 1 aromatic carbocycles. The van der Waals surface area contributed by atoms with Gasteiger partial charge in [-0.3, -0.25) is 9.36 Å². The van der Waals surface area contributed by atoms with Crippen LogP contribution in [-0.2, 0) is 15.5 Å². The zero-order valence-corrected chi connectivity index (χ0v) is 13.7. The molecular formula is C13H17B3FN3OS. The van der Waals surface area contributed by atoms with Crippen LogP contribution in [0.2, 0.25) is 0 Å². The van der Waals surface area contributed by atoms with Gasteiger partial charge in [0.15, 0.2) is 0 Å². The van der Waals surface area contributed by atoms with E-state index in [9.17, 15) is 8.60 Å². The van der Waals surface area contributed by atoms with Crippen molar-refractivity contribution in [2.75, 3.05) is 7.05 Å². The summed E-state index contributed by atoms with van der Waals surface area (Å²) in [5.74, 6) is -0.664. The van der Waals surface area contributed by atoms with Crippen LogP contribution in [0, 0.1) is 5.82 Å². The minimum Gasteiger partial charge on any atom is -0.386 e. The maximum absolute atomic E-state index is 13.9. The SMILES string of the molecule is [B]C([B])([B])N=S(=O)(Cc1ccccc1F)C(C)(C)C(N)=NC. The van der Waals surface area contributed by atoms with E-state index in [1.165, 1.54) is 25.2 Å². The van der Waals surface area contributed by atoms with Crippen LogP contribution in [0.15, 0.2) is 33.6 Å². The largest absolute Gasteiger partial charge is 0.386 e. The summed E-state index contributed by atoms with van der Waals surface area (Å²) in [6.07, 6.45) is 0. The van der Waals surface area contributed by atoms with E-state index >= 15 is 0 Å². The van der Waals surface area contributed by atoms with Crippen molar-refractivity contribution < 1.29 is 8.60 Å². The second-order valence-corrected chi connectivity index (χ2v) is 8.25. The molecule has 0 aliphatic heterocycles. The first-order valence-corrected chi connectivity index (χ1v) is 8.20. The molecule has 0 saturated heterocycles. The highest BCUT2D eigenvalue weighted by molar-refractivity contribution is 7.95. The van der Waals surface area contributed by atoms with E-state index in [0.717, 1.165) is 0 Å². The van der Waals surface area contributed by atoms with Gasteiger partial charge in [0.05, 0.1) is 39.0 Å². The Bertz CT molecular complexity index is 692. The van der Waals surface area contributed by atoms with Crippen LogP contribution < -0.4 is 5.73 Å². The van der Waals surface area contributed by atoms with E-state index in [4.69, 9.17) is 29.3 Å². The van der Waals surface area contributed by atoms with Crippen LogP contribution in [0.25, 0.3) is 0 Å². The number of nitrogens with two attached hydrogens (primary N) is 1. The summed E-state index contributed by atoms with van der Waals surface area (Å²) < 4.78 is 30.0. The monoisotopic (exact) mass is 315 g/mol. The molecular weight excluding hydrogens is 298 g/mol. The second kappa shape index (κ2) is 6.48. The molecule has 9 heteroatoms. The zero-order valence-electron chi connectivity index (χ0n) is 12.9. The molecule has 0 amide bonds. The number of rotatable bonds is 5. The molecule has 2 N–H and O–H groups in total. The second-order valence-electron chi connectivity index (χ2n) is 5.47. The predicted molar refractivity (Wildman–Crippen MR) is 92.3 cm³/mol. The number of nitrogens with zero attached hydrogens (tertiary/aromatic N) is 2. The fourth-order valence-electron chi connectivity index (χ4n) is 1.84. The molecule has 6 radical (unpaired) electrons. The van der Waals surface area contributed by atoms with Gasteiger partial charge in [0, 0.05) is 12.6 Å². The molecule has 0 spiro atoms. The fourth-order valence-corrected chi connectivity index (χ4v) is 4.08. The van der Waals surface area contributed by atoms with Crippen LogP contribution in [0.1, 0.15) is 19.4 Å². The normalized spacial score (nSPS) is 16.1. The van der Waals surface area contributed by atoms with Crippen molar-refractivity contribution in [1.29, 1.82) is 0 Å². The maximum Gasteiger partial charge on any atom is 0.127 e. The van der Waals surface area contributed by atoms with Crippen molar-refractivity contribution in [2.24, 2.45) is 15.1 Å². The molecule has 1 unspecified atom stereocenters. The van der Waals surface area contributed by atoms with Gasteiger partial charge in [0.1, 0.15) is 16.4 Å². The molecule has 1 aromatic rings. The van der Waals surface area contributed by atoms with Crippen molar-refractivity contribution in [3.8, 4) is 0 Å². The molecule has 0 aromatic heterocycles. The fraction of sp³-hybridized carbons (Fsp3) is 0.462. The van der Waals surface area contributed by atoms with Crippen molar-refractivity contribution in [2.45, 2.75) is 29.6 Å². The molecule has 0 heterocycles. The summed E-state index contributed by atoms with van der Waals surface area (Å²) in [5, 5.41) is -2.03. The first kappa shape index (κ1) is 18.8. The van der Waals surface area contributed by atoms with Crippen LogP contribution >= 0.6 is 0 Å². The Morgan fingerprint density at radius 2 is 1.86 bits per heavy atom. The Balaban J connectivity index is 3.54. The lowest BCUT2D eigenvalue weighted by Crippen LogP contribution is -2.47. The quantitative estimate of drug-likeness (QED) is 0.493. The Hall–Kier alpha value is -1.24. The first-order chi connectivity index (χ1) is 9.93. The van der Waals surface area contributed by atoms with Crippen LogP contribution in [0.3, 0.4) is 0 Å². The van der Waals surface area contributed by atoms with Gasteiger partial charge in [-0.05, 0) is 25.2 Å². The maximum atomic E-state index is 13.9. The molecule has 22 heavy (non-hydrogen) atoms. The molecule has 1 rings (SSSR count). The zero-order chi connectivity index (χ0) is 17.2. The Kier molecular flexibility index (Phi) is 5.54. The summed E-state index contributed by atoms with van der Waals surface area (Å²) >= 11 is 0. The number of hydrogen-bond donors (Lipinski definition) is 1. The molecule has 0 aliphatic rings. The van der Waals surface area contributed by atoms with Gasteiger partial charge >= 0.3 is 0 Å². The van der Waals surface area contributed by atoms with E-state index in [2.05, 4.69) is 9.36 Å². The number of amidine groups is 1. The first-order valence-electron chi connectivity index (χ1n) is 6.51. The molecule has 112 valence electrons. The number of hydrogen-bond acceptors (Lipinski definition) is 3. The van der Waals surface area contributed by atoms with Crippen LogP contribution in [0.5, 0.6) is 0 Å². The third kappa shape index (κ3) is 4.15. The molecule has 1 atom stereocenters. The van der Waals surface area contributed by atoms with Crippen LogP contribution in [0.4, 0.5) is 4.39 Å². The van der Waals surface area contributed by atoms with Crippen molar-refractivity contribution >= 4 is 39.1 Å². The minimum atomic E-state index is -3.26. The van der Waals surface area contributed by atoms with E-state index in [1.54, 1.807) is 19.9 Å². The predicted octanol–water partition coefficient (Wildman–Crippen LogP) is 0.676. The van der Waals surface area contributed by atoms with E-state index in [-0.39, 0.29) is 17.2 Å². The average molecular weight is 315 g/mol. The van der Waals surface area contributed by atoms with Gasteiger partial charge in [-0.2, -0.15) is 0 Å². The number of halogens is 1. The van der Waals surface area contributed by atoms with Crippen molar-refractivity contribution in [3.05, 3.63) is 35.6 Å². The lowest BCUT2D eigenvalue weighted by atomic mass is 9.50. The molecule has 0 aliphatic carbocycles. The highest BCUT2D eigenvalue weighted by Gasteiger charge is 2.37. The van der Waals surface area contributed by atoms with Gasteiger partial charge in [0.25, 0.3) is 0 Å². The number of benzene rings is 1. The Labute approximate surface area is 135 Å². The molecule has 4 nitrogen and oxygen atoms in total. The third-order valence-electron chi connectivity index (χ3n) is 3.27. The number of aliphatic imine (C=N–C) groups is 1. The molecule has 0 saturated carbocycles. The standard InChI is InChI=1S/C13H17B3FN3OS/c1-12(2,11(18)19-3)22(21,20-13(14,15)16)8-9-6-4-5-7-10(9)17/h4-7H,8H2,1-3H3,(H2,18,19). The lowest BCUT2D eigenvalue weighted by molar-refractivity contribution is 0.612. The highest BCUT2D eigenvalue weighted by atomic mass is 32.2. The van der Waals surface area contributed by atoms with E-state index in [0.29, 0.717) is 0 Å². The summed E-state index contributed by atoms with van der Waals surface area (Å²) in [7, 11) is 14.7. The van der Waals surface area contributed by atoms with Gasteiger partial charge in [0.2, 0.25) is 0 Å². The van der Waals surface area contributed by atoms with E-state index in [1.807, 2.05) is 0 Å². The topological polar surface area (TPSA) is 67.8 Å². The van der Waals surface area contributed by atoms with Gasteiger partial charge in [-0.15, -0.1) is 0 Å². The summed E-state index contributed by atoms with van der Waals surface area (Å²) in [6.45, 7) is 3.15. The molecule has 0 bridgehead atoms. The summed E-state index contributed by atoms with van der Waals surface area (Å²) in [5.41, 5.74) is 6.05.